The second-order valence-electron chi connectivity index (χ2n) is 6.04. The molecule has 1 N–H and O–H groups in total. The van der Waals surface area contributed by atoms with Gasteiger partial charge in [-0.25, -0.2) is 4.98 Å². The molecule has 2 aromatic carbocycles. The Labute approximate surface area is 149 Å². The molecule has 1 fully saturated rings. The van der Waals surface area contributed by atoms with Crippen molar-refractivity contribution in [2.45, 2.75) is 6.92 Å². The molecule has 6 heteroatoms. The minimum Gasteiger partial charge on any atom is -0.346 e. The van der Waals surface area contributed by atoms with Gasteiger partial charge in [-0.05, 0) is 36.8 Å². The van der Waals surface area contributed by atoms with Crippen molar-refractivity contribution in [3.8, 4) is 0 Å². The van der Waals surface area contributed by atoms with Crippen LogP contribution >= 0.6 is 22.9 Å². The standard InChI is InChI=1S/C18H16ClN3OS/c1-11-6-7-15-16(8-11)24-18(21-15)22-9-12(10-22)17(23)20-14-5-3-2-4-13(14)19/h2-8,12H,9-10H2,1H3,(H,20,23). The molecule has 4 rings (SSSR count). The summed E-state index contributed by atoms with van der Waals surface area (Å²) in [6, 6.07) is 13.6. The van der Waals surface area contributed by atoms with Gasteiger partial charge in [-0.2, -0.15) is 0 Å². The van der Waals surface area contributed by atoms with E-state index < -0.39 is 0 Å². The Bertz CT molecular complexity index is 918. The summed E-state index contributed by atoms with van der Waals surface area (Å²) in [6.45, 7) is 3.46. The molecule has 0 radical (unpaired) electrons. The van der Waals surface area contributed by atoms with Gasteiger partial charge in [-0.15, -0.1) is 0 Å². The van der Waals surface area contributed by atoms with Gasteiger partial charge in [0, 0.05) is 13.1 Å². The molecule has 2 heterocycles. The first-order valence-corrected chi connectivity index (χ1v) is 8.97. The molecule has 0 atom stereocenters. The molecule has 3 aromatic rings. The van der Waals surface area contributed by atoms with Crippen LogP contribution in [0.1, 0.15) is 5.56 Å². The first kappa shape index (κ1) is 15.4. The Hall–Kier alpha value is -2.11. The summed E-state index contributed by atoms with van der Waals surface area (Å²) in [5.74, 6) is -0.0219. The van der Waals surface area contributed by atoms with Crippen LogP contribution in [0.2, 0.25) is 5.02 Å². The number of halogens is 1. The van der Waals surface area contributed by atoms with Gasteiger partial charge in [0.25, 0.3) is 0 Å². The van der Waals surface area contributed by atoms with E-state index in [0.717, 1.165) is 10.6 Å². The molecule has 0 aliphatic carbocycles. The maximum absolute atomic E-state index is 12.3. The zero-order valence-corrected chi connectivity index (χ0v) is 14.7. The monoisotopic (exact) mass is 357 g/mol. The van der Waals surface area contributed by atoms with E-state index in [2.05, 4.69) is 34.3 Å². The number of thiazole rings is 1. The van der Waals surface area contributed by atoms with Crippen LogP contribution in [0, 0.1) is 12.8 Å². The third-order valence-electron chi connectivity index (χ3n) is 4.19. The first-order valence-electron chi connectivity index (χ1n) is 7.78. The lowest BCUT2D eigenvalue weighted by Crippen LogP contribution is -2.52. The molecule has 1 aromatic heterocycles. The van der Waals surface area contributed by atoms with Crippen LogP contribution in [0.3, 0.4) is 0 Å². The first-order chi connectivity index (χ1) is 11.6. The topological polar surface area (TPSA) is 45.2 Å². The van der Waals surface area contributed by atoms with Crippen molar-refractivity contribution < 1.29 is 4.79 Å². The fraction of sp³-hybridized carbons (Fsp3) is 0.222. The van der Waals surface area contributed by atoms with Crippen molar-refractivity contribution in [3.63, 3.8) is 0 Å². The number of nitrogens with one attached hydrogen (secondary N) is 1. The van der Waals surface area contributed by atoms with E-state index in [4.69, 9.17) is 11.6 Å². The fourth-order valence-electron chi connectivity index (χ4n) is 2.75. The number of aromatic nitrogens is 1. The highest BCUT2D eigenvalue weighted by Crippen LogP contribution is 2.34. The number of hydrogen-bond donors (Lipinski definition) is 1. The van der Waals surface area contributed by atoms with Crippen LogP contribution in [0.5, 0.6) is 0 Å². The Morgan fingerprint density at radius 1 is 1.29 bits per heavy atom. The molecule has 1 aliphatic rings. The zero-order chi connectivity index (χ0) is 16.7. The number of benzene rings is 2. The average Bonchev–Trinajstić information content (AvgIpc) is 2.90. The Kier molecular flexibility index (Phi) is 3.90. The van der Waals surface area contributed by atoms with Crippen molar-refractivity contribution in [2.75, 3.05) is 23.3 Å². The molecular formula is C18H16ClN3OS. The number of aryl methyl sites for hydroxylation is 1. The fourth-order valence-corrected chi connectivity index (χ4v) is 4.02. The van der Waals surface area contributed by atoms with E-state index >= 15 is 0 Å². The van der Waals surface area contributed by atoms with Crippen LogP contribution in [0.25, 0.3) is 10.2 Å². The maximum Gasteiger partial charge on any atom is 0.231 e. The summed E-state index contributed by atoms with van der Waals surface area (Å²) in [6.07, 6.45) is 0. The molecule has 0 bridgehead atoms. The van der Waals surface area contributed by atoms with Gasteiger partial charge < -0.3 is 10.2 Å². The molecule has 0 saturated carbocycles. The van der Waals surface area contributed by atoms with Gasteiger partial charge >= 0.3 is 0 Å². The predicted octanol–water partition coefficient (Wildman–Crippen LogP) is 4.33. The largest absolute Gasteiger partial charge is 0.346 e. The molecule has 1 amide bonds. The van der Waals surface area contributed by atoms with Crippen LogP contribution in [0.4, 0.5) is 10.8 Å². The van der Waals surface area contributed by atoms with Crippen molar-refractivity contribution in [3.05, 3.63) is 53.1 Å². The van der Waals surface area contributed by atoms with Gasteiger partial charge in [-0.1, -0.05) is 41.1 Å². The number of anilines is 2. The molecule has 4 nitrogen and oxygen atoms in total. The number of amides is 1. The molecule has 0 spiro atoms. The predicted molar refractivity (Wildman–Crippen MR) is 100 cm³/mol. The molecular weight excluding hydrogens is 342 g/mol. The van der Waals surface area contributed by atoms with Crippen molar-refractivity contribution in [1.29, 1.82) is 0 Å². The Morgan fingerprint density at radius 3 is 2.88 bits per heavy atom. The molecule has 24 heavy (non-hydrogen) atoms. The number of nitrogens with zero attached hydrogens (tertiary/aromatic N) is 2. The minimum absolute atomic E-state index is 0.0105. The molecule has 122 valence electrons. The third kappa shape index (κ3) is 2.85. The minimum atomic E-state index is -0.0324. The highest BCUT2D eigenvalue weighted by Gasteiger charge is 2.34. The Balaban J connectivity index is 1.42. The lowest BCUT2D eigenvalue weighted by molar-refractivity contribution is -0.120. The van der Waals surface area contributed by atoms with Crippen molar-refractivity contribution >= 4 is 49.9 Å². The quantitative estimate of drug-likeness (QED) is 0.758. The summed E-state index contributed by atoms with van der Waals surface area (Å²) in [5, 5.41) is 4.45. The number of para-hydroxylation sites is 1. The summed E-state index contributed by atoms with van der Waals surface area (Å²) < 4.78 is 1.19. The number of fused-ring (bicyclic) bond motifs is 1. The average molecular weight is 358 g/mol. The van der Waals surface area contributed by atoms with E-state index in [0.29, 0.717) is 23.8 Å². The SMILES string of the molecule is Cc1ccc2nc(N3CC(C(=O)Nc4ccccc4Cl)C3)sc2c1. The number of hydrogen-bond acceptors (Lipinski definition) is 4. The highest BCUT2D eigenvalue weighted by atomic mass is 35.5. The summed E-state index contributed by atoms with van der Waals surface area (Å²) in [4.78, 5) is 19.1. The van der Waals surface area contributed by atoms with Gasteiger partial charge in [-0.3, -0.25) is 4.79 Å². The summed E-state index contributed by atoms with van der Waals surface area (Å²) in [5.41, 5.74) is 2.92. The van der Waals surface area contributed by atoms with Crippen LogP contribution in [-0.4, -0.2) is 24.0 Å². The number of rotatable bonds is 3. The van der Waals surface area contributed by atoms with Gasteiger partial charge in [0.2, 0.25) is 5.91 Å². The summed E-state index contributed by atoms with van der Waals surface area (Å²) in [7, 11) is 0. The van der Waals surface area contributed by atoms with E-state index in [1.54, 1.807) is 17.4 Å². The molecule has 1 aliphatic heterocycles. The van der Waals surface area contributed by atoms with Crippen LogP contribution in [0.15, 0.2) is 42.5 Å². The normalized spacial score (nSPS) is 14.7. The van der Waals surface area contributed by atoms with Gasteiger partial charge in [0.15, 0.2) is 5.13 Å². The third-order valence-corrected chi connectivity index (χ3v) is 5.60. The zero-order valence-electron chi connectivity index (χ0n) is 13.1. The highest BCUT2D eigenvalue weighted by molar-refractivity contribution is 7.22. The molecule has 0 unspecified atom stereocenters. The Morgan fingerprint density at radius 2 is 2.08 bits per heavy atom. The smallest absolute Gasteiger partial charge is 0.231 e. The molecule has 1 saturated heterocycles. The lowest BCUT2D eigenvalue weighted by Gasteiger charge is -2.37. The van der Waals surface area contributed by atoms with E-state index in [9.17, 15) is 4.79 Å². The second-order valence-corrected chi connectivity index (χ2v) is 7.45. The second kappa shape index (κ2) is 6.07. The van der Waals surface area contributed by atoms with E-state index in [-0.39, 0.29) is 11.8 Å². The maximum atomic E-state index is 12.3. The van der Waals surface area contributed by atoms with Crippen LogP contribution < -0.4 is 10.2 Å². The van der Waals surface area contributed by atoms with Gasteiger partial charge in [0.1, 0.15) is 0 Å². The van der Waals surface area contributed by atoms with Gasteiger partial charge in [0.05, 0.1) is 26.8 Å². The van der Waals surface area contributed by atoms with Crippen LogP contribution in [-0.2, 0) is 4.79 Å². The van der Waals surface area contributed by atoms with Crippen molar-refractivity contribution in [2.24, 2.45) is 5.92 Å². The lowest BCUT2D eigenvalue weighted by atomic mass is 10.00. The number of carbonyl (C=O) groups is 1. The summed E-state index contributed by atoms with van der Waals surface area (Å²) >= 11 is 7.76. The van der Waals surface area contributed by atoms with E-state index in [1.165, 1.54) is 10.3 Å². The van der Waals surface area contributed by atoms with Crippen molar-refractivity contribution in [1.82, 2.24) is 4.98 Å². The number of carbonyl (C=O) groups excluding carboxylic acids is 1. The van der Waals surface area contributed by atoms with E-state index in [1.807, 2.05) is 24.3 Å².